The molecule has 0 unspecified atom stereocenters. The number of amides is 1. The largest absolute Gasteiger partial charge is 0.450 e. The Morgan fingerprint density at radius 2 is 2.23 bits per heavy atom. The van der Waals surface area contributed by atoms with Crippen LogP contribution in [0.3, 0.4) is 0 Å². The van der Waals surface area contributed by atoms with Crippen LogP contribution in [0, 0.1) is 6.92 Å². The number of carbonyl (C=O) groups excluding carboxylic acids is 1. The van der Waals surface area contributed by atoms with Crippen molar-refractivity contribution in [1.82, 2.24) is 9.36 Å². The van der Waals surface area contributed by atoms with E-state index in [1.54, 1.807) is 12.1 Å². The number of para-hydroxylation sites is 1. The number of hydrogen-bond acceptors (Lipinski definition) is 7. The summed E-state index contributed by atoms with van der Waals surface area (Å²) in [4.78, 5) is 28.4. The van der Waals surface area contributed by atoms with E-state index in [1.165, 1.54) is 17.8 Å². The van der Waals surface area contributed by atoms with E-state index >= 15 is 0 Å². The van der Waals surface area contributed by atoms with Gasteiger partial charge < -0.3 is 4.42 Å². The van der Waals surface area contributed by atoms with Gasteiger partial charge in [-0.3, -0.25) is 14.9 Å². The van der Waals surface area contributed by atoms with Crippen molar-refractivity contribution < 1.29 is 9.21 Å². The number of anilines is 1. The third-order valence-electron chi connectivity index (χ3n) is 2.99. The molecule has 0 radical (unpaired) electrons. The number of hydrogen-bond donors (Lipinski definition) is 1. The SMILES string of the molecule is CSc1nsc(NC(=O)c2cc(=O)c3cccc(C)c3o2)n1. The highest BCUT2D eigenvalue weighted by atomic mass is 32.2. The molecule has 3 rings (SSSR count). The normalized spacial score (nSPS) is 10.8. The number of thioether (sulfide) groups is 1. The van der Waals surface area contributed by atoms with Gasteiger partial charge in [0.15, 0.2) is 11.2 Å². The Kier molecular flexibility index (Phi) is 3.95. The molecule has 8 heteroatoms. The highest BCUT2D eigenvalue weighted by Gasteiger charge is 2.15. The van der Waals surface area contributed by atoms with Crippen LogP contribution in [0.4, 0.5) is 5.13 Å². The molecule has 1 aromatic carbocycles. The number of rotatable bonds is 3. The monoisotopic (exact) mass is 333 g/mol. The van der Waals surface area contributed by atoms with E-state index < -0.39 is 5.91 Å². The van der Waals surface area contributed by atoms with Gasteiger partial charge >= 0.3 is 0 Å². The molecule has 0 aliphatic heterocycles. The first-order chi connectivity index (χ1) is 10.6. The summed E-state index contributed by atoms with van der Waals surface area (Å²) in [7, 11) is 0. The molecular weight excluding hydrogens is 322 g/mol. The maximum Gasteiger partial charge on any atom is 0.293 e. The minimum absolute atomic E-state index is 0.0484. The van der Waals surface area contributed by atoms with Crippen LogP contribution in [0.1, 0.15) is 16.1 Å². The molecule has 0 bridgehead atoms. The molecule has 112 valence electrons. The zero-order valence-corrected chi connectivity index (χ0v) is 13.4. The first kappa shape index (κ1) is 14.7. The van der Waals surface area contributed by atoms with Crippen molar-refractivity contribution in [2.45, 2.75) is 12.1 Å². The summed E-state index contributed by atoms with van der Waals surface area (Å²) in [6, 6.07) is 6.46. The van der Waals surface area contributed by atoms with E-state index in [4.69, 9.17) is 4.42 Å². The predicted octanol–water partition coefficient (Wildman–Crippen LogP) is 2.93. The van der Waals surface area contributed by atoms with E-state index in [1.807, 2.05) is 19.2 Å². The van der Waals surface area contributed by atoms with Gasteiger partial charge in [-0.25, -0.2) is 0 Å². The van der Waals surface area contributed by atoms with Crippen LogP contribution in [0.5, 0.6) is 0 Å². The van der Waals surface area contributed by atoms with Crippen molar-refractivity contribution in [2.24, 2.45) is 0 Å². The minimum Gasteiger partial charge on any atom is -0.450 e. The molecule has 0 aliphatic carbocycles. The van der Waals surface area contributed by atoms with Crippen LogP contribution in [-0.2, 0) is 0 Å². The molecule has 2 heterocycles. The average molecular weight is 333 g/mol. The number of aryl methyl sites for hydroxylation is 1. The molecule has 0 aliphatic rings. The zero-order valence-electron chi connectivity index (χ0n) is 11.7. The van der Waals surface area contributed by atoms with Crippen molar-refractivity contribution in [3.63, 3.8) is 0 Å². The van der Waals surface area contributed by atoms with Crippen LogP contribution < -0.4 is 10.7 Å². The molecule has 0 saturated carbocycles. The van der Waals surface area contributed by atoms with Crippen LogP contribution in [0.2, 0.25) is 0 Å². The van der Waals surface area contributed by atoms with E-state index in [0.29, 0.717) is 21.3 Å². The van der Waals surface area contributed by atoms with Crippen molar-refractivity contribution in [3.8, 4) is 0 Å². The van der Waals surface area contributed by atoms with E-state index in [2.05, 4.69) is 14.7 Å². The van der Waals surface area contributed by atoms with Gasteiger partial charge in [0.05, 0.1) is 5.39 Å². The molecule has 6 nitrogen and oxygen atoms in total. The van der Waals surface area contributed by atoms with Crippen molar-refractivity contribution in [3.05, 3.63) is 45.8 Å². The number of nitrogens with zero attached hydrogens (tertiary/aromatic N) is 2. The molecule has 0 fully saturated rings. The fourth-order valence-electron chi connectivity index (χ4n) is 1.93. The second kappa shape index (κ2) is 5.90. The Morgan fingerprint density at radius 1 is 1.41 bits per heavy atom. The fraction of sp³-hybridized carbons (Fsp3) is 0.143. The summed E-state index contributed by atoms with van der Waals surface area (Å²) in [6.45, 7) is 1.82. The van der Waals surface area contributed by atoms with Gasteiger partial charge in [-0.2, -0.15) is 9.36 Å². The Labute approximate surface area is 133 Å². The summed E-state index contributed by atoms with van der Waals surface area (Å²) < 4.78 is 9.63. The van der Waals surface area contributed by atoms with Gasteiger partial charge in [-0.05, 0) is 24.8 Å². The maximum absolute atomic E-state index is 12.2. The first-order valence-electron chi connectivity index (χ1n) is 6.31. The Bertz CT molecular complexity index is 917. The fourth-order valence-corrected chi connectivity index (χ4v) is 3.05. The smallest absolute Gasteiger partial charge is 0.293 e. The van der Waals surface area contributed by atoms with Crippen molar-refractivity contribution >= 4 is 45.3 Å². The lowest BCUT2D eigenvalue weighted by Gasteiger charge is -2.04. The molecule has 0 saturated heterocycles. The zero-order chi connectivity index (χ0) is 15.7. The number of nitrogens with one attached hydrogen (secondary N) is 1. The average Bonchev–Trinajstić information content (AvgIpc) is 2.95. The number of fused-ring (bicyclic) bond motifs is 1. The summed E-state index contributed by atoms with van der Waals surface area (Å²) in [6.07, 6.45) is 1.85. The van der Waals surface area contributed by atoms with Gasteiger partial charge in [-0.1, -0.05) is 23.9 Å². The minimum atomic E-state index is -0.522. The number of benzene rings is 1. The predicted molar refractivity (Wildman–Crippen MR) is 86.9 cm³/mol. The van der Waals surface area contributed by atoms with Crippen LogP contribution in [0.25, 0.3) is 11.0 Å². The van der Waals surface area contributed by atoms with E-state index in [-0.39, 0.29) is 11.2 Å². The Hall–Kier alpha value is -2.19. The molecule has 22 heavy (non-hydrogen) atoms. The van der Waals surface area contributed by atoms with E-state index in [9.17, 15) is 9.59 Å². The van der Waals surface area contributed by atoms with Crippen molar-refractivity contribution in [1.29, 1.82) is 0 Å². The van der Waals surface area contributed by atoms with Crippen LogP contribution in [-0.4, -0.2) is 21.5 Å². The maximum atomic E-state index is 12.2. The van der Waals surface area contributed by atoms with Crippen LogP contribution >= 0.6 is 23.3 Å². The molecule has 0 atom stereocenters. The second-order valence-corrected chi connectivity index (χ2v) is 5.99. The molecule has 1 N–H and O–H groups in total. The third-order valence-corrected chi connectivity index (χ3v) is 4.28. The standard InChI is InChI=1S/C14H11N3O3S2/c1-7-4-3-5-8-9(18)6-10(20-11(7)8)12(19)15-13-16-14(21-2)17-22-13/h3-6H,1-2H3,(H,15,16,17,19). The third kappa shape index (κ3) is 2.75. The molecule has 0 spiro atoms. The summed E-state index contributed by atoms with van der Waals surface area (Å²) in [5.41, 5.74) is 0.962. The summed E-state index contributed by atoms with van der Waals surface area (Å²) in [5.74, 6) is -0.571. The van der Waals surface area contributed by atoms with Gasteiger partial charge in [0.1, 0.15) is 5.58 Å². The topological polar surface area (TPSA) is 85.1 Å². The first-order valence-corrected chi connectivity index (χ1v) is 8.31. The van der Waals surface area contributed by atoms with Gasteiger partial charge in [0.25, 0.3) is 5.91 Å². The Morgan fingerprint density at radius 3 is 2.95 bits per heavy atom. The van der Waals surface area contributed by atoms with Gasteiger partial charge in [-0.15, -0.1) is 0 Å². The lowest BCUT2D eigenvalue weighted by molar-refractivity contribution is 0.0997. The highest BCUT2D eigenvalue weighted by Crippen LogP contribution is 2.20. The number of aromatic nitrogens is 2. The molecule has 2 aromatic heterocycles. The molecule has 1 amide bonds. The lowest BCUT2D eigenvalue weighted by Crippen LogP contribution is -2.15. The quantitative estimate of drug-likeness (QED) is 0.742. The van der Waals surface area contributed by atoms with E-state index in [0.717, 1.165) is 17.1 Å². The van der Waals surface area contributed by atoms with Gasteiger partial charge in [0, 0.05) is 17.6 Å². The lowest BCUT2D eigenvalue weighted by atomic mass is 10.1. The molecule has 3 aromatic rings. The van der Waals surface area contributed by atoms with Crippen LogP contribution in [0.15, 0.2) is 38.6 Å². The molecular formula is C14H11N3O3S2. The van der Waals surface area contributed by atoms with Crippen molar-refractivity contribution in [2.75, 3.05) is 11.6 Å². The second-order valence-electron chi connectivity index (χ2n) is 4.47. The van der Waals surface area contributed by atoms with Gasteiger partial charge in [0.2, 0.25) is 10.3 Å². The highest BCUT2D eigenvalue weighted by molar-refractivity contribution is 7.98. The Balaban J connectivity index is 1.97. The number of carbonyl (C=O) groups is 1. The summed E-state index contributed by atoms with van der Waals surface area (Å²) in [5, 5.41) is 3.98. The summed E-state index contributed by atoms with van der Waals surface area (Å²) >= 11 is 2.46.